The Morgan fingerprint density at radius 3 is 2.32 bits per heavy atom. The molecule has 0 aliphatic rings. The number of carbonyl (C=O) groups is 1. The minimum absolute atomic E-state index is 0.0624. The third kappa shape index (κ3) is 8.09. The van der Waals surface area contributed by atoms with Crippen LogP contribution in [0.1, 0.15) is 23.6 Å². The molecule has 1 amide bonds. The van der Waals surface area contributed by atoms with Gasteiger partial charge in [0.25, 0.3) is 15.9 Å². The number of anilines is 1. The van der Waals surface area contributed by atoms with Crippen molar-refractivity contribution in [3.63, 3.8) is 0 Å². The van der Waals surface area contributed by atoms with Crippen LogP contribution in [0.25, 0.3) is 0 Å². The van der Waals surface area contributed by atoms with E-state index in [4.69, 9.17) is 21.1 Å². The van der Waals surface area contributed by atoms with Crippen LogP contribution in [0, 0.1) is 6.92 Å². The van der Waals surface area contributed by atoms with Crippen molar-refractivity contribution in [1.82, 2.24) is 5.43 Å². The maximum absolute atomic E-state index is 13.5. The van der Waals surface area contributed by atoms with Gasteiger partial charge >= 0.3 is 0 Å². The molecule has 1 N–H and O–H groups in total. The van der Waals surface area contributed by atoms with Crippen molar-refractivity contribution in [2.45, 2.75) is 25.3 Å². The van der Waals surface area contributed by atoms with Crippen LogP contribution >= 0.6 is 11.6 Å². The molecule has 0 spiro atoms. The van der Waals surface area contributed by atoms with Gasteiger partial charge in [-0.3, -0.25) is 9.10 Å². The molecule has 0 bridgehead atoms. The van der Waals surface area contributed by atoms with Gasteiger partial charge in [-0.15, -0.1) is 0 Å². The van der Waals surface area contributed by atoms with Crippen LogP contribution in [0.15, 0.2) is 107 Å². The predicted octanol–water partition coefficient (Wildman–Crippen LogP) is 5.97. The number of sulfonamides is 1. The fourth-order valence-electron chi connectivity index (χ4n) is 3.83. The van der Waals surface area contributed by atoms with E-state index in [1.54, 1.807) is 54.6 Å². The van der Waals surface area contributed by atoms with E-state index in [1.165, 1.54) is 18.3 Å². The molecule has 4 aromatic rings. The molecule has 0 aliphatic heterocycles. The van der Waals surface area contributed by atoms with E-state index in [-0.39, 0.29) is 4.90 Å². The highest BCUT2D eigenvalue weighted by molar-refractivity contribution is 7.92. The zero-order valence-electron chi connectivity index (χ0n) is 22.7. The van der Waals surface area contributed by atoms with Crippen LogP contribution in [0.3, 0.4) is 0 Å². The lowest BCUT2D eigenvalue weighted by Crippen LogP contribution is -2.39. The second kappa shape index (κ2) is 13.8. The molecule has 0 radical (unpaired) electrons. The fourth-order valence-corrected chi connectivity index (χ4v) is 5.38. The van der Waals surface area contributed by atoms with Crippen molar-refractivity contribution < 1.29 is 22.7 Å². The summed E-state index contributed by atoms with van der Waals surface area (Å²) in [4.78, 5) is 12.9. The minimum atomic E-state index is -4.05. The Morgan fingerprint density at radius 2 is 1.63 bits per heavy atom. The van der Waals surface area contributed by atoms with Gasteiger partial charge in [0.2, 0.25) is 0 Å². The smallest absolute Gasteiger partial charge is 0.264 e. The lowest BCUT2D eigenvalue weighted by Gasteiger charge is -2.23. The van der Waals surface area contributed by atoms with Crippen molar-refractivity contribution in [1.29, 1.82) is 0 Å². The number of halogens is 1. The summed E-state index contributed by atoms with van der Waals surface area (Å²) >= 11 is 6.00. The molecular weight excluding hydrogens is 562 g/mol. The number of hydrogen-bond acceptors (Lipinski definition) is 6. The molecule has 0 fully saturated rings. The van der Waals surface area contributed by atoms with E-state index in [2.05, 4.69) is 10.5 Å². The molecule has 4 rings (SSSR count). The molecule has 0 atom stereocenters. The number of ether oxygens (including phenoxy) is 2. The van der Waals surface area contributed by atoms with Crippen LogP contribution in [-0.4, -0.2) is 33.7 Å². The van der Waals surface area contributed by atoms with E-state index in [9.17, 15) is 13.2 Å². The molecule has 0 heterocycles. The van der Waals surface area contributed by atoms with Gasteiger partial charge in [0.15, 0.2) is 11.5 Å². The van der Waals surface area contributed by atoms with Crippen molar-refractivity contribution in [3.8, 4) is 11.5 Å². The highest BCUT2D eigenvalue weighted by Crippen LogP contribution is 2.29. The first kappa shape index (κ1) is 29.6. The predicted molar refractivity (Wildman–Crippen MR) is 161 cm³/mol. The lowest BCUT2D eigenvalue weighted by molar-refractivity contribution is -0.119. The van der Waals surface area contributed by atoms with Gasteiger partial charge in [-0.2, -0.15) is 5.10 Å². The maximum Gasteiger partial charge on any atom is 0.264 e. The summed E-state index contributed by atoms with van der Waals surface area (Å²) in [6, 6.07) is 27.7. The first-order chi connectivity index (χ1) is 19.8. The third-order valence-corrected chi connectivity index (χ3v) is 7.96. The number of aryl methyl sites for hydroxylation is 1. The molecule has 0 unspecified atom stereocenters. The summed E-state index contributed by atoms with van der Waals surface area (Å²) in [5.74, 6) is 0.494. The molecule has 0 aromatic heterocycles. The molecule has 8 nitrogen and oxygen atoms in total. The van der Waals surface area contributed by atoms with Crippen LogP contribution in [0.5, 0.6) is 11.5 Å². The van der Waals surface area contributed by atoms with Gasteiger partial charge in [0.1, 0.15) is 13.2 Å². The van der Waals surface area contributed by atoms with E-state index in [0.29, 0.717) is 41.0 Å². The van der Waals surface area contributed by atoms with E-state index in [1.807, 2.05) is 44.2 Å². The van der Waals surface area contributed by atoms with Gasteiger partial charge in [0.05, 0.1) is 23.4 Å². The van der Waals surface area contributed by atoms with Gasteiger partial charge < -0.3 is 9.47 Å². The average molecular weight is 592 g/mol. The number of carbonyl (C=O) groups excluding carboxylic acids is 1. The summed E-state index contributed by atoms with van der Waals surface area (Å²) in [6.45, 7) is 4.07. The first-order valence-corrected chi connectivity index (χ1v) is 14.7. The Morgan fingerprint density at radius 1 is 0.927 bits per heavy atom. The number of nitrogens with one attached hydrogen (secondary N) is 1. The van der Waals surface area contributed by atoms with Crippen LogP contribution in [0.2, 0.25) is 5.02 Å². The number of amides is 1. The molecule has 0 aliphatic carbocycles. The number of hydrazone groups is 1. The second-order valence-electron chi connectivity index (χ2n) is 9.01. The molecule has 4 aromatic carbocycles. The Hall–Kier alpha value is -4.34. The third-order valence-electron chi connectivity index (χ3n) is 5.92. The lowest BCUT2D eigenvalue weighted by atomic mass is 10.2. The molecular formula is C31H30ClN3O5S. The van der Waals surface area contributed by atoms with Gasteiger partial charge in [-0.05, 0) is 79.6 Å². The molecule has 10 heteroatoms. The number of rotatable bonds is 12. The Labute approximate surface area is 245 Å². The standard InChI is InChI=1S/C31H30ClN3O5S/c1-3-39-30-19-25(11-18-29(30)40-22-24-7-5-4-6-8-24)20-33-34-31(36)21-35(27-14-12-26(32)13-15-27)41(37,38)28-16-9-23(2)10-17-28/h4-20H,3,21-22H2,1-2H3,(H,34,36)/b33-20-. The molecule has 0 saturated carbocycles. The van der Waals surface area contributed by atoms with Gasteiger partial charge in [0, 0.05) is 5.02 Å². The normalized spacial score (nSPS) is 11.3. The zero-order valence-corrected chi connectivity index (χ0v) is 24.2. The van der Waals surface area contributed by atoms with Crippen LogP contribution in [-0.2, 0) is 21.4 Å². The van der Waals surface area contributed by atoms with Gasteiger partial charge in [-0.1, -0.05) is 59.6 Å². The summed E-state index contributed by atoms with van der Waals surface area (Å²) in [6.07, 6.45) is 1.45. The Balaban J connectivity index is 1.47. The molecule has 212 valence electrons. The number of nitrogens with zero attached hydrogens (tertiary/aromatic N) is 2. The van der Waals surface area contributed by atoms with Crippen LogP contribution in [0.4, 0.5) is 5.69 Å². The molecule has 0 saturated heterocycles. The Kier molecular flexibility index (Phi) is 10.00. The van der Waals surface area contributed by atoms with E-state index in [0.717, 1.165) is 15.4 Å². The summed E-state index contributed by atoms with van der Waals surface area (Å²) in [7, 11) is -4.05. The van der Waals surface area contributed by atoms with E-state index >= 15 is 0 Å². The topological polar surface area (TPSA) is 97.3 Å². The monoisotopic (exact) mass is 591 g/mol. The van der Waals surface area contributed by atoms with Crippen molar-refractivity contribution >= 4 is 39.4 Å². The fraction of sp³-hybridized carbons (Fsp3) is 0.161. The highest BCUT2D eigenvalue weighted by atomic mass is 35.5. The van der Waals surface area contributed by atoms with Crippen molar-refractivity contribution in [2.24, 2.45) is 5.10 Å². The summed E-state index contributed by atoms with van der Waals surface area (Å²) < 4.78 is 39.7. The SMILES string of the molecule is CCOc1cc(/C=N\NC(=O)CN(c2ccc(Cl)cc2)S(=O)(=O)c2ccc(C)cc2)ccc1OCc1ccccc1. The largest absolute Gasteiger partial charge is 0.490 e. The van der Waals surface area contributed by atoms with Gasteiger partial charge in [-0.25, -0.2) is 13.8 Å². The average Bonchev–Trinajstić information content (AvgIpc) is 2.97. The number of benzene rings is 4. The first-order valence-electron chi connectivity index (χ1n) is 12.9. The molecule has 41 heavy (non-hydrogen) atoms. The maximum atomic E-state index is 13.5. The van der Waals surface area contributed by atoms with Crippen molar-refractivity contribution in [2.75, 3.05) is 17.5 Å². The highest BCUT2D eigenvalue weighted by Gasteiger charge is 2.27. The second-order valence-corrected chi connectivity index (χ2v) is 11.3. The van der Waals surface area contributed by atoms with Crippen LogP contribution < -0.4 is 19.2 Å². The van der Waals surface area contributed by atoms with Crippen molar-refractivity contribution in [3.05, 3.63) is 119 Å². The Bertz CT molecular complexity index is 1590. The van der Waals surface area contributed by atoms with E-state index < -0.39 is 22.5 Å². The summed E-state index contributed by atoms with van der Waals surface area (Å²) in [5.41, 5.74) is 5.31. The number of hydrogen-bond donors (Lipinski definition) is 1. The quantitative estimate of drug-likeness (QED) is 0.162. The minimum Gasteiger partial charge on any atom is -0.490 e. The zero-order chi connectivity index (χ0) is 29.2. The summed E-state index contributed by atoms with van der Waals surface area (Å²) in [5, 5.41) is 4.47.